The number of rotatable bonds is 6. The van der Waals surface area contributed by atoms with Gasteiger partial charge in [0.2, 0.25) is 0 Å². The average molecular weight is 378 g/mol. The summed E-state index contributed by atoms with van der Waals surface area (Å²) in [5.41, 5.74) is 1.30. The number of hydrogen-bond acceptors (Lipinski definition) is 3. The fourth-order valence-corrected chi connectivity index (χ4v) is 2.69. The number of benzene rings is 1. The number of halogens is 1. The van der Waals surface area contributed by atoms with Gasteiger partial charge < -0.3 is 10.4 Å². The Hall–Kier alpha value is -2.34. The minimum absolute atomic E-state index is 0.00109. The molecule has 1 unspecified atom stereocenters. The number of aromatic nitrogens is 2. The molecule has 0 radical (unpaired) electrons. The summed E-state index contributed by atoms with van der Waals surface area (Å²) in [6.45, 7) is 8.03. The van der Waals surface area contributed by atoms with E-state index >= 15 is 0 Å². The van der Waals surface area contributed by atoms with E-state index in [1.807, 2.05) is 39.0 Å². The maximum absolute atomic E-state index is 12.7. The molecule has 0 fully saturated rings. The quantitative estimate of drug-likeness (QED) is 0.801. The molecule has 0 aliphatic rings. The molecule has 140 valence electrons. The van der Waals surface area contributed by atoms with E-state index in [0.29, 0.717) is 21.8 Å². The monoisotopic (exact) mass is 377 g/mol. The van der Waals surface area contributed by atoms with Crippen LogP contribution in [0.1, 0.15) is 44.5 Å². The molecule has 26 heavy (non-hydrogen) atoms. The second-order valence-electron chi connectivity index (χ2n) is 7.40. The maximum Gasteiger partial charge on any atom is 0.303 e. The smallest absolute Gasteiger partial charge is 0.303 e. The predicted molar refractivity (Wildman–Crippen MR) is 101 cm³/mol. The van der Waals surface area contributed by atoms with E-state index in [1.165, 1.54) is 0 Å². The summed E-state index contributed by atoms with van der Waals surface area (Å²) in [5.74, 6) is -1.35. The summed E-state index contributed by atoms with van der Waals surface area (Å²) in [6, 6.07) is 7.24. The van der Waals surface area contributed by atoms with Crippen LogP contribution in [0.15, 0.2) is 30.5 Å². The van der Waals surface area contributed by atoms with Gasteiger partial charge in [-0.3, -0.25) is 14.3 Å². The van der Waals surface area contributed by atoms with E-state index in [9.17, 15) is 9.59 Å². The summed E-state index contributed by atoms with van der Waals surface area (Å²) in [5, 5.41) is 16.7. The molecule has 0 aliphatic heterocycles. The number of amides is 1. The van der Waals surface area contributed by atoms with Crippen LogP contribution >= 0.6 is 11.6 Å². The first-order chi connectivity index (χ1) is 12.1. The van der Waals surface area contributed by atoms with Gasteiger partial charge in [0.25, 0.3) is 5.91 Å². The Balaban J connectivity index is 2.34. The first kappa shape index (κ1) is 20.0. The van der Waals surface area contributed by atoms with E-state index in [4.69, 9.17) is 16.7 Å². The lowest BCUT2D eigenvalue weighted by Crippen LogP contribution is -2.29. The third-order valence-electron chi connectivity index (χ3n) is 3.91. The van der Waals surface area contributed by atoms with Crippen LogP contribution in [0.4, 0.5) is 0 Å². The minimum Gasteiger partial charge on any atom is -0.481 e. The summed E-state index contributed by atoms with van der Waals surface area (Å²) < 4.78 is 1.74. The van der Waals surface area contributed by atoms with Crippen LogP contribution < -0.4 is 5.32 Å². The molecular formula is C19H24ClN3O3. The average Bonchev–Trinajstić information content (AvgIpc) is 2.97. The molecule has 1 aromatic heterocycles. The molecule has 0 saturated heterocycles. The largest absolute Gasteiger partial charge is 0.481 e. The number of hydrogen-bond donors (Lipinski definition) is 2. The first-order valence-corrected chi connectivity index (χ1v) is 8.82. The highest BCUT2D eigenvalue weighted by atomic mass is 35.5. The van der Waals surface area contributed by atoms with Crippen molar-refractivity contribution >= 4 is 23.5 Å². The van der Waals surface area contributed by atoms with Crippen LogP contribution in [0.2, 0.25) is 5.02 Å². The van der Waals surface area contributed by atoms with Gasteiger partial charge in [-0.2, -0.15) is 5.10 Å². The molecular weight excluding hydrogens is 354 g/mol. The zero-order valence-corrected chi connectivity index (χ0v) is 16.2. The predicted octanol–water partition coefficient (Wildman–Crippen LogP) is 3.80. The molecule has 1 amide bonds. The number of carbonyl (C=O) groups excluding carboxylic acids is 1. The van der Waals surface area contributed by atoms with Gasteiger partial charge in [0.15, 0.2) is 0 Å². The minimum atomic E-state index is -0.885. The molecule has 1 atom stereocenters. The Kier molecular flexibility index (Phi) is 6.08. The molecule has 0 aliphatic carbocycles. The summed E-state index contributed by atoms with van der Waals surface area (Å²) >= 11 is 6.30. The van der Waals surface area contributed by atoms with Crippen molar-refractivity contribution in [1.82, 2.24) is 15.1 Å². The maximum atomic E-state index is 12.7. The van der Waals surface area contributed by atoms with Crippen molar-refractivity contribution in [3.8, 4) is 11.3 Å². The molecule has 1 heterocycles. The standard InChI is InChI=1S/C19H24ClN3O3/c1-12(9-16(24)25)10-21-18(26)14-11-23(19(2,3)4)22-17(14)13-7-5-6-8-15(13)20/h5-8,11-12H,9-10H2,1-4H3,(H,21,26)(H,24,25). The van der Waals surface area contributed by atoms with Gasteiger partial charge in [0.05, 0.1) is 16.1 Å². The van der Waals surface area contributed by atoms with Crippen molar-refractivity contribution in [1.29, 1.82) is 0 Å². The van der Waals surface area contributed by atoms with Crippen LogP contribution in [-0.2, 0) is 10.3 Å². The van der Waals surface area contributed by atoms with Gasteiger partial charge in [-0.15, -0.1) is 0 Å². The van der Waals surface area contributed by atoms with Crippen LogP contribution in [0.25, 0.3) is 11.3 Å². The number of carbonyl (C=O) groups is 2. The third kappa shape index (κ3) is 4.85. The van der Waals surface area contributed by atoms with Gasteiger partial charge in [-0.1, -0.05) is 36.7 Å². The number of carboxylic acid groups (broad SMARTS) is 1. The lowest BCUT2D eigenvalue weighted by atomic mass is 10.1. The van der Waals surface area contributed by atoms with Gasteiger partial charge >= 0.3 is 5.97 Å². The molecule has 0 bridgehead atoms. The van der Waals surface area contributed by atoms with E-state index in [1.54, 1.807) is 23.9 Å². The third-order valence-corrected chi connectivity index (χ3v) is 4.24. The van der Waals surface area contributed by atoms with E-state index in [0.717, 1.165) is 0 Å². The van der Waals surface area contributed by atoms with Crippen molar-refractivity contribution in [2.24, 2.45) is 5.92 Å². The van der Waals surface area contributed by atoms with Crippen molar-refractivity contribution in [3.05, 3.63) is 41.0 Å². The zero-order valence-electron chi connectivity index (χ0n) is 15.4. The highest BCUT2D eigenvalue weighted by molar-refractivity contribution is 6.33. The van der Waals surface area contributed by atoms with Crippen LogP contribution in [0, 0.1) is 5.92 Å². The second-order valence-corrected chi connectivity index (χ2v) is 7.81. The van der Waals surface area contributed by atoms with Crippen LogP contribution in [-0.4, -0.2) is 33.3 Å². The first-order valence-electron chi connectivity index (χ1n) is 8.44. The van der Waals surface area contributed by atoms with Gasteiger partial charge in [-0.05, 0) is 32.8 Å². The van der Waals surface area contributed by atoms with E-state index in [-0.39, 0.29) is 30.3 Å². The topological polar surface area (TPSA) is 84.2 Å². The molecule has 2 aromatic rings. The molecule has 2 rings (SSSR count). The zero-order chi connectivity index (χ0) is 19.5. The number of nitrogens with one attached hydrogen (secondary N) is 1. The normalized spacial score (nSPS) is 12.7. The highest BCUT2D eigenvalue weighted by Crippen LogP contribution is 2.30. The van der Waals surface area contributed by atoms with E-state index < -0.39 is 5.97 Å². The fraction of sp³-hybridized carbons (Fsp3) is 0.421. The Labute approximate surface area is 158 Å². The molecule has 6 nitrogen and oxygen atoms in total. The molecule has 2 N–H and O–H groups in total. The lowest BCUT2D eigenvalue weighted by molar-refractivity contribution is -0.137. The van der Waals surface area contributed by atoms with Crippen LogP contribution in [0.5, 0.6) is 0 Å². The lowest BCUT2D eigenvalue weighted by Gasteiger charge is -2.18. The van der Waals surface area contributed by atoms with Crippen molar-refractivity contribution in [2.75, 3.05) is 6.54 Å². The SMILES string of the molecule is CC(CNC(=O)c1cn(C(C)(C)C)nc1-c1ccccc1Cl)CC(=O)O. The summed E-state index contributed by atoms with van der Waals surface area (Å²) in [6.07, 6.45) is 1.70. The molecule has 0 spiro atoms. The number of carboxylic acids is 1. The van der Waals surface area contributed by atoms with Gasteiger partial charge in [0.1, 0.15) is 5.69 Å². The Bertz CT molecular complexity index is 809. The van der Waals surface area contributed by atoms with Crippen molar-refractivity contribution < 1.29 is 14.7 Å². The molecule has 0 saturated carbocycles. The second kappa shape index (κ2) is 7.91. The fourth-order valence-electron chi connectivity index (χ4n) is 2.47. The Morgan fingerprint density at radius 3 is 2.54 bits per heavy atom. The van der Waals surface area contributed by atoms with Crippen molar-refractivity contribution in [2.45, 2.75) is 39.7 Å². The Morgan fingerprint density at radius 1 is 1.31 bits per heavy atom. The highest BCUT2D eigenvalue weighted by Gasteiger charge is 2.24. The van der Waals surface area contributed by atoms with Gasteiger partial charge in [-0.25, -0.2) is 0 Å². The Morgan fingerprint density at radius 2 is 1.96 bits per heavy atom. The summed E-state index contributed by atoms with van der Waals surface area (Å²) in [4.78, 5) is 23.5. The van der Waals surface area contributed by atoms with Crippen molar-refractivity contribution in [3.63, 3.8) is 0 Å². The van der Waals surface area contributed by atoms with Crippen LogP contribution in [0.3, 0.4) is 0 Å². The number of nitrogens with zero attached hydrogens (tertiary/aromatic N) is 2. The molecule has 1 aromatic carbocycles. The summed E-state index contributed by atoms with van der Waals surface area (Å²) in [7, 11) is 0. The van der Waals surface area contributed by atoms with Gasteiger partial charge in [0, 0.05) is 24.7 Å². The van der Waals surface area contributed by atoms with E-state index in [2.05, 4.69) is 10.4 Å². The molecule has 7 heteroatoms. The number of aliphatic carboxylic acids is 1.